The second kappa shape index (κ2) is 4.86. The Morgan fingerprint density at radius 2 is 2.06 bits per heavy atom. The number of ether oxygens (including phenoxy) is 1. The van der Waals surface area contributed by atoms with E-state index in [1.54, 1.807) is 6.92 Å². The Bertz CT molecular complexity index is 570. The average molecular weight is 227 g/mol. The number of rotatable bonds is 3. The van der Waals surface area contributed by atoms with Gasteiger partial charge in [-0.25, -0.2) is 0 Å². The van der Waals surface area contributed by atoms with E-state index in [0.717, 1.165) is 10.8 Å². The lowest BCUT2D eigenvalue weighted by Gasteiger charge is -2.14. The first-order valence-electron chi connectivity index (χ1n) is 5.43. The van der Waals surface area contributed by atoms with Crippen molar-refractivity contribution in [1.82, 2.24) is 0 Å². The lowest BCUT2D eigenvalue weighted by molar-refractivity contribution is 0.193. The third kappa shape index (κ3) is 2.22. The van der Waals surface area contributed by atoms with Gasteiger partial charge in [0.1, 0.15) is 11.8 Å². The van der Waals surface area contributed by atoms with Crippen molar-refractivity contribution < 1.29 is 9.84 Å². The molecule has 0 heterocycles. The fourth-order valence-corrected chi connectivity index (χ4v) is 1.85. The zero-order valence-electron chi connectivity index (χ0n) is 9.55. The highest BCUT2D eigenvalue weighted by Gasteiger charge is 2.12. The summed E-state index contributed by atoms with van der Waals surface area (Å²) in [5.74, 6) is 0.597. The quantitative estimate of drug-likeness (QED) is 0.877. The maximum Gasteiger partial charge on any atom is 0.174 e. The van der Waals surface area contributed by atoms with Gasteiger partial charge >= 0.3 is 0 Å². The molecule has 2 aromatic rings. The van der Waals surface area contributed by atoms with Crippen molar-refractivity contribution in [1.29, 1.82) is 5.26 Å². The molecular formula is C14H13NO2. The van der Waals surface area contributed by atoms with Crippen LogP contribution in [0, 0.1) is 11.3 Å². The van der Waals surface area contributed by atoms with E-state index in [1.165, 1.54) is 0 Å². The largest absolute Gasteiger partial charge is 0.478 e. The summed E-state index contributed by atoms with van der Waals surface area (Å²) in [6, 6.07) is 13.5. The van der Waals surface area contributed by atoms with Crippen molar-refractivity contribution >= 4 is 10.8 Å². The minimum atomic E-state index is -0.617. The van der Waals surface area contributed by atoms with Crippen molar-refractivity contribution in [3.05, 3.63) is 42.0 Å². The predicted molar refractivity (Wildman–Crippen MR) is 65.7 cm³/mol. The average Bonchev–Trinajstić information content (AvgIpc) is 2.35. The number of fused-ring (bicyclic) bond motifs is 1. The number of hydrogen-bond donors (Lipinski definition) is 1. The second-order valence-electron chi connectivity index (χ2n) is 3.83. The molecule has 0 aromatic heterocycles. The van der Waals surface area contributed by atoms with Crippen LogP contribution < -0.4 is 4.74 Å². The summed E-state index contributed by atoms with van der Waals surface area (Å²) >= 11 is 0. The lowest BCUT2D eigenvalue weighted by atomic mass is 10.0. The Hall–Kier alpha value is -2.05. The van der Waals surface area contributed by atoms with Crippen LogP contribution in [0.2, 0.25) is 0 Å². The number of aliphatic hydroxyl groups is 1. The van der Waals surface area contributed by atoms with Gasteiger partial charge in [0.2, 0.25) is 0 Å². The topological polar surface area (TPSA) is 53.2 Å². The SMILES string of the molecule is C[C@@H](O)c1ccc2ccccc2c1OCC#N. The minimum absolute atomic E-state index is 0.0201. The van der Waals surface area contributed by atoms with Crippen LogP contribution in [0.1, 0.15) is 18.6 Å². The van der Waals surface area contributed by atoms with Crippen LogP contribution in [-0.4, -0.2) is 11.7 Å². The van der Waals surface area contributed by atoms with Gasteiger partial charge in [0.25, 0.3) is 0 Å². The summed E-state index contributed by atoms with van der Waals surface area (Å²) in [4.78, 5) is 0. The molecule has 0 fully saturated rings. The van der Waals surface area contributed by atoms with Gasteiger partial charge in [-0.2, -0.15) is 5.26 Å². The number of hydrogen-bond acceptors (Lipinski definition) is 3. The molecule has 0 radical (unpaired) electrons. The Kier molecular flexibility index (Phi) is 3.27. The van der Waals surface area contributed by atoms with E-state index < -0.39 is 6.10 Å². The molecule has 0 saturated heterocycles. The molecule has 0 aliphatic carbocycles. The molecule has 1 atom stereocenters. The van der Waals surface area contributed by atoms with Crippen LogP contribution in [0.3, 0.4) is 0 Å². The van der Waals surface area contributed by atoms with E-state index in [9.17, 15) is 5.11 Å². The Morgan fingerprint density at radius 1 is 1.29 bits per heavy atom. The van der Waals surface area contributed by atoms with Crippen LogP contribution in [0.25, 0.3) is 10.8 Å². The molecule has 0 aliphatic rings. The summed E-state index contributed by atoms with van der Waals surface area (Å²) in [5.41, 5.74) is 0.707. The Balaban J connectivity index is 2.62. The summed E-state index contributed by atoms with van der Waals surface area (Å²) in [6.07, 6.45) is -0.617. The van der Waals surface area contributed by atoms with Gasteiger partial charge in [-0.15, -0.1) is 0 Å². The van der Waals surface area contributed by atoms with Gasteiger partial charge in [0, 0.05) is 10.9 Å². The van der Waals surface area contributed by atoms with Crippen molar-refractivity contribution in [2.75, 3.05) is 6.61 Å². The first-order chi connectivity index (χ1) is 8.24. The molecule has 3 nitrogen and oxygen atoms in total. The fraction of sp³-hybridized carbons (Fsp3) is 0.214. The molecule has 0 spiro atoms. The van der Waals surface area contributed by atoms with Crippen molar-refractivity contribution in [2.24, 2.45) is 0 Å². The molecular weight excluding hydrogens is 214 g/mol. The monoisotopic (exact) mass is 227 g/mol. The molecule has 2 aromatic carbocycles. The summed E-state index contributed by atoms with van der Waals surface area (Å²) in [7, 11) is 0. The van der Waals surface area contributed by atoms with E-state index in [4.69, 9.17) is 10.00 Å². The van der Waals surface area contributed by atoms with E-state index in [0.29, 0.717) is 11.3 Å². The number of nitrogens with zero attached hydrogens (tertiary/aromatic N) is 1. The molecule has 3 heteroatoms. The molecule has 0 saturated carbocycles. The molecule has 17 heavy (non-hydrogen) atoms. The first-order valence-corrected chi connectivity index (χ1v) is 5.43. The lowest BCUT2D eigenvalue weighted by Crippen LogP contribution is -2.01. The van der Waals surface area contributed by atoms with Crippen molar-refractivity contribution in [3.8, 4) is 11.8 Å². The van der Waals surface area contributed by atoms with E-state index in [1.807, 2.05) is 42.5 Å². The first kappa shape index (κ1) is 11.4. The van der Waals surface area contributed by atoms with E-state index >= 15 is 0 Å². The van der Waals surface area contributed by atoms with Gasteiger partial charge in [0.15, 0.2) is 6.61 Å². The molecule has 2 rings (SSSR count). The van der Waals surface area contributed by atoms with Gasteiger partial charge in [-0.3, -0.25) is 0 Å². The number of nitriles is 1. The summed E-state index contributed by atoms with van der Waals surface area (Å²) < 4.78 is 5.44. The summed E-state index contributed by atoms with van der Waals surface area (Å²) in [5, 5.41) is 20.2. The molecule has 0 aliphatic heterocycles. The smallest absolute Gasteiger partial charge is 0.174 e. The molecule has 0 unspecified atom stereocenters. The van der Waals surface area contributed by atoms with Crippen LogP contribution in [0.15, 0.2) is 36.4 Å². The Morgan fingerprint density at radius 3 is 2.76 bits per heavy atom. The van der Waals surface area contributed by atoms with E-state index in [-0.39, 0.29) is 6.61 Å². The van der Waals surface area contributed by atoms with Crippen molar-refractivity contribution in [2.45, 2.75) is 13.0 Å². The maximum absolute atomic E-state index is 9.70. The highest BCUT2D eigenvalue weighted by molar-refractivity contribution is 5.89. The van der Waals surface area contributed by atoms with Gasteiger partial charge in [0.05, 0.1) is 6.10 Å². The number of benzene rings is 2. The molecule has 0 amide bonds. The zero-order valence-corrected chi connectivity index (χ0v) is 9.55. The van der Waals surface area contributed by atoms with Gasteiger partial charge < -0.3 is 9.84 Å². The zero-order chi connectivity index (χ0) is 12.3. The van der Waals surface area contributed by atoms with Gasteiger partial charge in [-0.1, -0.05) is 36.4 Å². The Labute approximate surface area is 99.9 Å². The molecule has 1 N–H and O–H groups in total. The predicted octanol–water partition coefficient (Wildman–Crippen LogP) is 2.80. The molecule has 86 valence electrons. The molecule has 0 bridgehead atoms. The normalized spacial score (nSPS) is 12.1. The standard InChI is InChI=1S/C14H13NO2/c1-10(16)12-7-6-11-4-2-3-5-13(11)14(12)17-9-8-15/h2-7,10,16H,9H2,1H3/t10-/m1/s1. The van der Waals surface area contributed by atoms with Crippen molar-refractivity contribution in [3.63, 3.8) is 0 Å². The van der Waals surface area contributed by atoms with Crippen LogP contribution in [0.5, 0.6) is 5.75 Å². The third-order valence-corrected chi connectivity index (χ3v) is 2.64. The van der Waals surface area contributed by atoms with Crippen LogP contribution in [-0.2, 0) is 0 Å². The maximum atomic E-state index is 9.70. The highest BCUT2D eigenvalue weighted by atomic mass is 16.5. The van der Waals surface area contributed by atoms with Crippen LogP contribution in [0.4, 0.5) is 0 Å². The summed E-state index contributed by atoms with van der Waals surface area (Å²) in [6.45, 7) is 1.66. The number of aliphatic hydroxyl groups excluding tert-OH is 1. The minimum Gasteiger partial charge on any atom is -0.478 e. The third-order valence-electron chi connectivity index (χ3n) is 2.64. The van der Waals surface area contributed by atoms with Gasteiger partial charge in [-0.05, 0) is 12.3 Å². The van der Waals surface area contributed by atoms with Crippen LogP contribution >= 0.6 is 0 Å². The second-order valence-corrected chi connectivity index (χ2v) is 3.83. The fourth-order valence-electron chi connectivity index (χ4n) is 1.85. The highest BCUT2D eigenvalue weighted by Crippen LogP contribution is 2.33. The van der Waals surface area contributed by atoms with E-state index in [2.05, 4.69) is 0 Å².